The molecule has 0 heterocycles. The molecule has 1 N–H and O–H groups in total. The van der Waals surface area contributed by atoms with Gasteiger partial charge in [0.25, 0.3) is 0 Å². The van der Waals surface area contributed by atoms with Crippen LogP contribution in [0.1, 0.15) is 11.1 Å². The van der Waals surface area contributed by atoms with Crippen LogP contribution in [0.15, 0.2) is 41.3 Å². The Labute approximate surface area is 132 Å². The molecule has 7 heteroatoms. The van der Waals surface area contributed by atoms with E-state index < -0.39 is 15.8 Å². The fourth-order valence-corrected chi connectivity index (χ4v) is 3.26. The molecule has 0 aliphatic heterocycles. The first-order valence-electron chi connectivity index (χ1n) is 5.99. The van der Waals surface area contributed by atoms with Gasteiger partial charge in [-0.3, -0.25) is 0 Å². The molecule has 0 aliphatic carbocycles. The molecule has 112 valence electrons. The predicted molar refractivity (Wildman–Crippen MR) is 81.6 cm³/mol. The third-order valence-electron chi connectivity index (χ3n) is 2.96. The molecule has 21 heavy (non-hydrogen) atoms. The summed E-state index contributed by atoms with van der Waals surface area (Å²) in [6.45, 7) is 1.95. The van der Waals surface area contributed by atoms with Crippen LogP contribution in [0.5, 0.6) is 0 Å². The highest BCUT2D eigenvalue weighted by Gasteiger charge is 2.16. The number of hydrogen-bond acceptors (Lipinski definition) is 2. The van der Waals surface area contributed by atoms with Crippen LogP contribution in [0, 0.1) is 12.7 Å². The first-order chi connectivity index (χ1) is 9.79. The summed E-state index contributed by atoms with van der Waals surface area (Å²) in [5.41, 5.74) is 1.68. The van der Waals surface area contributed by atoms with Crippen molar-refractivity contribution in [2.45, 2.75) is 18.4 Å². The van der Waals surface area contributed by atoms with E-state index in [1.807, 2.05) is 6.92 Å². The molecule has 0 bridgehead atoms. The van der Waals surface area contributed by atoms with Gasteiger partial charge in [0.1, 0.15) is 5.82 Å². The van der Waals surface area contributed by atoms with Crippen LogP contribution in [-0.2, 0) is 16.6 Å². The monoisotopic (exact) mass is 347 g/mol. The summed E-state index contributed by atoms with van der Waals surface area (Å²) < 4.78 is 39.8. The number of rotatable bonds is 4. The molecular formula is C14H12Cl2FNO2S. The van der Waals surface area contributed by atoms with Gasteiger partial charge in [-0.25, -0.2) is 17.5 Å². The summed E-state index contributed by atoms with van der Waals surface area (Å²) in [7, 11) is -3.76. The van der Waals surface area contributed by atoms with E-state index in [1.54, 1.807) is 18.2 Å². The Morgan fingerprint density at radius 3 is 2.48 bits per heavy atom. The van der Waals surface area contributed by atoms with Crippen LogP contribution in [0.3, 0.4) is 0 Å². The van der Waals surface area contributed by atoms with Crippen LogP contribution in [0.4, 0.5) is 4.39 Å². The minimum Gasteiger partial charge on any atom is -0.207 e. The second kappa shape index (κ2) is 6.32. The lowest BCUT2D eigenvalue weighted by Crippen LogP contribution is -2.23. The van der Waals surface area contributed by atoms with Gasteiger partial charge in [-0.1, -0.05) is 29.3 Å². The van der Waals surface area contributed by atoms with E-state index in [4.69, 9.17) is 23.2 Å². The summed E-state index contributed by atoms with van der Waals surface area (Å²) >= 11 is 11.4. The van der Waals surface area contributed by atoms with Gasteiger partial charge >= 0.3 is 0 Å². The molecule has 0 aliphatic rings. The minimum atomic E-state index is -3.76. The number of nitrogens with one attached hydrogen (secondary N) is 1. The SMILES string of the molecule is Cc1cc(Cl)ccc1CNS(=O)(=O)c1ccc(F)c(Cl)c1. The third kappa shape index (κ3) is 3.95. The van der Waals surface area contributed by atoms with E-state index in [2.05, 4.69) is 4.72 Å². The number of hydrogen-bond donors (Lipinski definition) is 1. The molecule has 0 spiro atoms. The van der Waals surface area contributed by atoms with E-state index >= 15 is 0 Å². The van der Waals surface area contributed by atoms with Crippen LogP contribution in [-0.4, -0.2) is 8.42 Å². The largest absolute Gasteiger partial charge is 0.240 e. The van der Waals surface area contributed by atoms with Crippen molar-refractivity contribution in [1.29, 1.82) is 0 Å². The molecule has 0 fully saturated rings. The quantitative estimate of drug-likeness (QED) is 0.910. The maximum absolute atomic E-state index is 13.1. The van der Waals surface area contributed by atoms with E-state index in [-0.39, 0.29) is 16.5 Å². The van der Waals surface area contributed by atoms with Gasteiger partial charge in [-0.15, -0.1) is 0 Å². The van der Waals surface area contributed by atoms with Crippen molar-refractivity contribution >= 4 is 33.2 Å². The lowest BCUT2D eigenvalue weighted by Gasteiger charge is -2.09. The fraction of sp³-hybridized carbons (Fsp3) is 0.143. The normalized spacial score (nSPS) is 11.6. The molecule has 2 aromatic rings. The Morgan fingerprint density at radius 1 is 1.14 bits per heavy atom. The molecule has 0 aromatic heterocycles. The molecule has 0 atom stereocenters. The second-order valence-electron chi connectivity index (χ2n) is 4.47. The average Bonchev–Trinajstić information content (AvgIpc) is 2.40. The van der Waals surface area contributed by atoms with Crippen molar-refractivity contribution in [2.75, 3.05) is 0 Å². The van der Waals surface area contributed by atoms with Crippen molar-refractivity contribution in [2.24, 2.45) is 0 Å². The molecule has 3 nitrogen and oxygen atoms in total. The highest BCUT2D eigenvalue weighted by molar-refractivity contribution is 7.89. The zero-order chi connectivity index (χ0) is 15.6. The highest BCUT2D eigenvalue weighted by atomic mass is 35.5. The van der Waals surface area contributed by atoms with E-state index in [1.165, 1.54) is 0 Å². The summed E-state index contributed by atoms with van der Waals surface area (Å²) in [5, 5.41) is 0.352. The second-order valence-corrected chi connectivity index (χ2v) is 7.08. The van der Waals surface area contributed by atoms with Crippen molar-refractivity contribution in [3.63, 3.8) is 0 Å². The molecule has 0 saturated heterocycles. The molecule has 2 rings (SSSR count). The van der Waals surface area contributed by atoms with Gasteiger partial charge in [0.15, 0.2) is 0 Å². The van der Waals surface area contributed by atoms with Crippen LogP contribution in [0.25, 0.3) is 0 Å². The fourth-order valence-electron chi connectivity index (χ4n) is 1.76. The van der Waals surface area contributed by atoms with Crippen LogP contribution in [0.2, 0.25) is 10.0 Å². The zero-order valence-electron chi connectivity index (χ0n) is 11.0. The Kier molecular flexibility index (Phi) is 4.88. The van der Waals surface area contributed by atoms with Crippen molar-refractivity contribution < 1.29 is 12.8 Å². The average molecular weight is 348 g/mol. The van der Waals surface area contributed by atoms with Gasteiger partial charge in [0.05, 0.1) is 9.92 Å². The third-order valence-corrected chi connectivity index (χ3v) is 4.88. The Balaban J connectivity index is 2.19. The zero-order valence-corrected chi connectivity index (χ0v) is 13.4. The molecule has 0 saturated carbocycles. The van der Waals surface area contributed by atoms with Crippen molar-refractivity contribution in [1.82, 2.24) is 4.72 Å². The molecular weight excluding hydrogens is 336 g/mol. The standard InChI is InChI=1S/C14H12Cl2FNO2S/c1-9-6-11(15)3-2-10(9)8-18-21(19,20)12-4-5-14(17)13(16)7-12/h2-7,18H,8H2,1H3. The minimum absolute atomic E-state index is 0.0829. The van der Waals surface area contributed by atoms with Gasteiger partial charge in [-0.05, 0) is 48.4 Å². The van der Waals surface area contributed by atoms with Gasteiger partial charge in [0, 0.05) is 11.6 Å². The smallest absolute Gasteiger partial charge is 0.207 e. The number of aryl methyl sites for hydroxylation is 1. The summed E-state index contributed by atoms with van der Waals surface area (Å²) in [6.07, 6.45) is 0. The van der Waals surface area contributed by atoms with Gasteiger partial charge in [-0.2, -0.15) is 0 Å². The Bertz CT molecular complexity index is 779. The summed E-state index contributed by atoms with van der Waals surface area (Å²) in [4.78, 5) is -0.0829. The molecule has 0 radical (unpaired) electrons. The van der Waals surface area contributed by atoms with Crippen LogP contribution < -0.4 is 4.72 Å². The van der Waals surface area contributed by atoms with E-state index in [9.17, 15) is 12.8 Å². The first-order valence-corrected chi connectivity index (χ1v) is 8.23. The Morgan fingerprint density at radius 2 is 1.86 bits per heavy atom. The first kappa shape index (κ1) is 16.2. The van der Waals surface area contributed by atoms with Crippen molar-refractivity contribution in [3.8, 4) is 0 Å². The predicted octanol–water partition coefficient (Wildman–Crippen LogP) is 3.92. The summed E-state index contributed by atoms with van der Waals surface area (Å²) in [5.74, 6) is -0.663. The molecule has 0 amide bonds. The maximum atomic E-state index is 13.1. The van der Waals surface area contributed by atoms with Gasteiger partial charge < -0.3 is 0 Å². The summed E-state index contributed by atoms with van der Waals surface area (Å²) in [6, 6.07) is 8.45. The van der Waals surface area contributed by atoms with Crippen LogP contribution >= 0.6 is 23.2 Å². The van der Waals surface area contributed by atoms with E-state index in [0.29, 0.717) is 5.02 Å². The van der Waals surface area contributed by atoms with E-state index in [0.717, 1.165) is 29.3 Å². The maximum Gasteiger partial charge on any atom is 0.240 e. The number of halogens is 3. The lowest BCUT2D eigenvalue weighted by molar-refractivity contribution is 0.580. The number of benzene rings is 2. The molecule has 0 unspecified atom stereocenters. The Hall–Kier alpha value is -1.14. The topological polar surface area (TPSA) is 46.2 Å². The lowest BCUT2D eigenvalue weighted by atomic mass is 10.1. The molecule has 2 aromatic carbocycles. The highest BCUT2D eigenvalue weighted by Crippen LogP contribution is 2.20. The van der Waals surface area contributed by atoms with Crippen molar-refractivity contribution in [3.05, 3.63) is 63.4 Å². The number of sulfonamides is 1. The van der Waals surface area contributed by atoms with Gasteiger partial charge in [0.2, 0.25) is 10.0 Å².